The summed E-state index contributed by atoms with van der Waals surface area (Å²) in [4.78, 5) is 14.5. The summed E-state index contributed by atoms with van der Waals surface area (Å²) in [5, 5.41) is 9.32. The monoisotopic (exact) mass is 198 g/mol. The molecule has 1 rings (SSSR count). The lowest BCUT2D eigenvalue weighted by atomic mass is 10.3. The summed E-state index contributed by atoms with van der Waals surface area (Å²) in [7, 11) is 0. The molecule has 4 nitrogen and oxygen atoms in total. The van der Waals surface area contributed by atoms with Gasteiger partial charge in [0.15, 0.2) is 0 Å². The van der Waals surface area contributed by atoms with Crippen molar-refractivity contribution in [3.05, 3.63) is 17.8 Å². The fourth-order valence-corrected chi connectivity index (χ4v) is 1.47. The molecule has 70 valence electrons. The van der Waals surface area contributed by atoms with Gasteiger partial charge in [-0.3, -0.25) is 0 Å². The number of nitrogens with two attached hydrogens (primary N) is 1. The molecule has 0 aliphatic heterocycles. The van der Waals surface area contributed by atoms with Crippen LogP contribution in [0.2, 0.25) is 0 Å². The molecule has 0 saturated heterocycles. The lowest BCUT2D eigenvalue weighted by molar-refractivity contribution is 0.0696. The zero-order chi connectivity index (χ0) is 9.84. The van der Waals surface area contributed by atoms with Gasteiger partial charge in [-0.05, 0) is 11.8 Å². The molecule has 1 aromatic rings. The highest BCUT2D eigenvalue weighted by molar-refractivity contribution is 7.99. The van der Waals surface area contributed by atoms with E-state index in [4.69, 9.17) is 10.8 Å². The predicted octanol–water partition coefficient (Wildman–Crippen LogP) is 1.47. The molecule has 0 unspecified atom stereocenters. The van der Waals surface area contributed by atoms with Gasteiger partial charge in [0.05, 0.1) is 11.3 Å². The number of aromatic carboxylic acids is 1. The van der Waals surface area contributed by atoms with E-state index in [1.54, 1.807) is 0 Å². The van der Waals surface area contributed by atoms with E-state index in [1.165, 1.54) is 24.0 Å². The first-order valence-corrected chi connectivity index (χ1v) is 4.75. The quantitative estimate of drug-likeness (QED) is 0.719. The standard InChI is InChI=1S/C8H10N2O2S/c1-2-13-7-6(9)3-5(4-10-7)8(11)12/h3-4H,2,9H2,1H3,(H,11,12). The topological polar surface area (TPSA) is 76.2 Å². The predicted molar refractivity (Wildman–Crippen MR) is 52.0 cm³/mol. The highest BCUT2D eigenvalue weighted by atomic mass is 32.2. The molecule has 1 aromatic heterocycles. The number of rotatable bonds is 3. The van der Waals surface area contributed by atoms with Gasteiger partial charge in [-0.15, -0.1) is 11.8 Å². The molecule has 0 radical (unpaired) electrons. The van der Waals surface area contributed by atoms with Crippen molar-refractivity contribution < 1.29 is 9.90 Å². The molecule has 0 spiro atoms. The zero-order valence-electron chi connectivity index (χ0n) is 7.15. The number of anilines is 1. The largest absolute Gasteiger partial charge is 0.478 e. The minimum absolute atomic E-state index is 0.123. The summed E-state index contributed by atoms with van der Waals surface area (Å²) in [5.41, 5.74) is 6.14. The number of hydrogen-bond donors (Lipinski definition) is 2. The first kappa shape index (κ1) is 9.85. The Morgan fingerprint density at radius 1 is 1.77 bits per heavy atom. The Morgan fingerprint density at radius 2 is 2.46 bits per heavy atom. The van der Waals surface area contributed by atoms with Crippen LogP contribution in [0.1, 0.15) is 17.3 Å². The molecule has 0 aliphatic carbocycles. The maximum absolute atomic E-state index is 10.5. The second kappa shape index (κ2) is 4.13. The van der Waals surface area contributed by atoms with E-state index in [1.807, 2.05) is 6.92 Å². The van der Waals surface area contributed by atoms with Gasteiger partial charge in [-0.2, -0.15) is 0 Å². The van der Waals surface area contributed by atoms with Gasteiger partial charge < -0.3 is 10.8 Å². The van der Waals surface area contributed by atoms with Crippen molar-refractivity contribution in [3.8, 4) is 0 Å². The average Bonchev–Trinajstić information content (AvgIpc) is 2.08. The van der Waals surface area contributed by atoms with Crippen LogP contribution in [0.25, 0.3) is 0 Å². The Hall–Kier alpha value is -1.23. The van der Waals surface area contributed by atoms with Gasteiger partial charge in [-0.1, -0.05) is 6.92 Å². The number of aromatic nitrogens is 1. The Labute approximate surface area is 80.2 Å². The third-order valence-corrected chi connectivity index (χ3v) is 2.31. The van der Waals surface area contributed by atoms with Crippen LogP contribution in [0.3, 0.4) is 0 Å². The number of nitrogens with zero attached hydrogens (tertiary/aromatic N) is 1. The van der Waals surface area contributed by atoms with Gasteiger partial charge in [0.2, 0.25) is 0 Å². The molecular weight excluding hydrogens is 188 g/mol. The molecule has 13 heavy (non-hydrogen) atoms. The van der Waals surface area contributed by atoms with Crippen LogP contribution in [-0.2, 0) is 0 Å². The second-order valence-corrected chi connectivity index (χ2v) is 3.61. The van der Waals surface area contributed by atoms with Crippen LogP contribution in [0, 0.1) is 0 Å². The van der Waals surface area contributed by atoms with Crippen LogP contribution < -0.4 is 5.73 Å². The minimum Gasteiger partial charge on any atom is -0.478 e. The van der Waals surface area contributed by atoms with Crippen LogP contribution >= 0.6 is 11.8 Å². The molecule has 0 bridgehead atoms. The van der Waals surface area contributed by atoms with Crippen molar-refractivity contribution >= 4 is 23.4 Å². The number of pyridine rings is 1. The number of thioether (sulfide) groups is 1. The number of carboxylic acids is 1. The molecule has 0 aromatic carbocycles. The van der Waals surface area contributed by atoms with E-state index < -0.39 is 5.97 Å². The minimum atomic E-state index is -1.01. The first-order valence-electron chi connectivity index (χ1n) is 3.76. The summed E-state index contributed by atoms with van der Waals surface area (Å²) in [5.74, 6) is -0.142. The lowest BCUT2D eigenvalue weighted by Crippen LogP contribution is -2.00. The van der Waals surface area contributed by atoms with Gasteiger partial charge in [-0.25, -0.2) is 9.78 Å². The molecule has 0 saturated carbocycles. The maximum Gasteiger partial charge on any atom is 0.337 e. The molecule has 3 N–H and O–H groups in total. The molecular formula is C8H10N2O2S. The zero-order valence-corrected chi connectivity index (χ0v) is 7.97. The Kier molecular flexibility index (Phi) is 3.13. The van der Waals surface area contributed by atoms with Gasteiger partial charge in [0.1, 0.15) is 5.03 Å². The number of carbonyl (C=O) groups is 1. The van der Waals surface area contributed by atoms with Crippen molar-refractivity contribution in [1.82, 2.24) is 4.98 Å². The van der Waals surface area contributed by atoms with Crippen molar-refractivity contribution in [2.45, 2.75) is 11.9 Å². The average molecular weight is 198 g/mol. The summed E-state index contributed by atoms with van der Waals surface area (Å²) in [6.45, 7) is 1.98. The second-order valence-electron chi connectivity index (χ2n) is 2.36. The van der Waals surface area contributed by atoms with Crippen LogP contribution in [-0.4, -0.2) is 21.8 Å². The Morgan fingerprint density at radius 3 is 2.92 bits per heavy atom. The number of carboxylic acid groups (broad SMARTS) is 1. The van der Waals surface area contributed by atoms with Crippen molar-refractivity contribution in [1.29, 1.82) is 0 Å². The molecule has 0 aliphatic rings. The van der Waals surface area contributed by atoms with Crippen molar-refractivity contribution in [2.24, 2.45) is 0 Å². The molecule has 0 atom stereocenters. The maximum atomic E-state index is 10.5. The molecule has 5 heteroatoms. The van der Waals surface area contributed by atoms with E-state index in [0.717, 1.165) is 5.75 Å². The molecule has 0 amide bonds. The van der Waals surface area contributed by atoms with Crippen molar-refractivity contribution in [2.75, 3.05) is 11.5 Å². The van der Waals surface area contributed by atoms with Crippen LogP contribution in [0.5, 0.6) is 0 Å². The van der Waals surface area contributed by atoms with Gasteiger partial charge >= 0.3 is 5.97 Å². The fraction of sp³-hybridized carbons (Fsp3) is 0.250. The number of nitrogen functional groups attached to an aromatic ring is 1. The molecule has 0 fully saturated rings. The van der Waals surface area contributed by atoms with E-state index in [-0.39, 0.29) is 5.56 Å². The fourth-order valence-electron chi connectivity index (χ4n) is 0.844. The highest BCUT2D eigenvalue weighted by Gasteiger charge is 2.06. The van der Waals surface area contributed by atoms with E-state index in [9.17, 15) is 4.79 Å². The summed E-state index contributed by atoms with van der Waals surface area (Å²) >= 11 is 1.49. The van der Waals surface area contributed by atoms with E-state index >= 15 is 0 Å². The summed E-state index contributed by atoms with van der Waals surface area (Å²) in [6.07, 6.45) is 1.32. The third kappa shape index (κ3) is 2.35. The van der Waals surface area contributed by atoms with Crippen LogP contribution in [0.4, 0.5) is 5.69 Å². The van der Waals surface area contributed by atoms with E-state index in [0.29, 0.717) is 10.7 Å². The lowest BCUT2D eigenvalue weighted by Gasteiger charge is -2.02. The third-order valence-electron chi connectivity index (χ3n) is 1.41. The number of hydrogen-bond acceptors (Lipinski definition) is 4. The van der Waals surface area contributed by atoms with Gasteiger partial charge in [0, 0.05) is 6.20 Å². The Balaban J connectivity index is 2.98. The Bertz CT molecular complexity index is 328. The smallest absolute Gasteiger partial charge is 0.337 e. The highest BCUT2D eigenvalue weighted by Crippen LogP contribution is 2.22. The molecule has 1 heterocycles. The van der Waals surface area contributed by atoms with Crippen molar-refractivity contribution in [3.63, 3.8) is 0 Å². The summed E-state index contributed by atoms with van der Waals surface area (Å²) < 4.78 is 0. The van der Waals surface area contributed by atoms with E-state index in [2.05, 4.69) is 4.98 Å². The normalized spacial score (nSPS) is 9.92. The summed E-state index contributed by atoms with van der Waals surface area (Å²) in [6, 6.07) is 1.42. The van der Waals surface area contributed by atoms with Gasteiger partial charge in [0.25, 0.3) is 0 Å². The first-order chi connectivity index (χ1) is 6.15. The van der Waals surface area contributed by atoms with Crippen LogP contribution in [0.15, 0.2) is 17.3 Å². The SMILES string of the molecule is CCSc1ncc(C(=O)O)cc1N.